The first kappa shape index (κ1) is 20.4. The lowest BCUT2D eigenvalue weighted by molar-refractivity contribution is 0.0762. The topological polar surface area (TPSA) is 49.0 Å². The van der Waals surface area contributed by atoms with Crippen LogP contribution in [0.2, 0.25) is 10.0 Å². The fourth-order valence-electron chi connectivity index (χ4n) is 3.03. The Bertz CT molecular complexity index is 951. The molecule has 0 saturated heterocycles. The molecule has 0 saturated carbocycles. The number of nitrogens with one attached hydrogen (secondary N) is 1. The average molecular weight is 416 g/mol. The number of amides is 1. The molecule has 28 heavy (non-hydrogen) atoms. The third-order valence-electron chi connectivity index (χ3n) is 4.68. The minimum atomic E-state index is 0.0677. The number of H-pyrrole nitrogens is 1. The molecule has 0 aliphatic carbocycles. The van der Waals surface area contributed by atoms with Gasteiger partial charge in [-0.3, -0.25) is 9.89 Å². The summed E-state index contributed by atoms with van der Waals surface area (Å²) in [5, 5.41) is 8.55. The summed E-state index contributed by atoms with van der Waals surface area (Å²) in [6.07, 6.45) is 2.09. The van der Waals surface area contributed by atoms with E-state index in [4.69, 9.17) is 23.2 Å². The lowest BCUT2D eigenvalue weighted by Crippen LogP contribution is -2.31. The largest absolute Gasteiger partial charge is 0.339 e. The maximum Gasteiger partial charge on any atom is 0.253 e. The van der Waals surface area contributed by atoms with Crippen molar-refractivity contribution in [3.05, 3.63) is 64.1 Å². The van der Waals surface area contributed by atoms with E-state index in [1.807, 2.05) is 48.2 Å². The molecule has 1 heterocycles. The second kappa shape index (κ2) is 9.26. The Morgan fingerprint density at radius 1 is 1.07 bits per heavy atom. The van der Waals surface area contributed by atoms with Gasteiger partial charge >= 0.3 is 0 Å². The molecule has 3 aromatic rings. The van der Waals surface area contributed by atoms with Gasteiger partial charge in [-0.1, -0.05) is 48.7 Å². The van der Waals surface area contributed by atoms with E-state index in [0.717, 1.165) is 41.9 Å². The van der Waals surface area contributed by atoms with Crippen LogP contribution in [0.15, 0.2) is 48.5 Å². The zero-order valence-electron chi connectivity index (χ0n) is 16.0. The highest BCUT2D eigenvalue weighted by atomic mass is 35.5. The molecule has 4 nitrogen and oxygen atoms in total. The second-order valence-electron chi connectivity index (χ2n) is 6.61. The Morgan fingerprint density at radius 2 is 1.82 bits per heavy atom. The highest BCUT2D eigenvalue weighted by Gasteiger charge is 2.14. The van der Waals surface area contributed by atoms with Gasteiger partial charge in [0.25, 0.3) is 5.91 Å². The van der Waals surface area contributed by atoms with E-state index in [-0.39, 0.29) is 5.91 Å². The minimum Gasteiger partial charge on any atom is -0.339 e. The highest BCUT2D eigenvalue weighted by Crippen LogP contribution is 2.31. The van der Waals surface area contributed by atoms with Crippen LogP contribution in [0.4, 0.5) is 0 Å². The number of benzene rings is 2. The number of nitrogens with zero attached hydrogens (tertiary/aromatic N) is 2. The van der Waals surface area contributed by atoms with Crippen molar-refractivity contribution in [1.82, 2.24) is 15.1 Å². The average Bonchev–Trinajstić information content (AvgIpc) is 3.18. The standard InChI is InChI=1S/C22H23Cl2N3O/c1-3-5-12-27(4-2)22(28)16-8-6-15(7-9-16)20-14-21(26-25-20)18-11-10-17(23)13-19(18)24/h6-11,13-14H,3-5,12H2,1-2H3,(H,25,26). The molecule has 1 amide bonds. The first-order valence-electron chi connectivity index (χ1n) is 9.44. The van der Waals surface area contributed by atoms with Crippen LogP contribution in [0.5, 0.6) is 0 Å². The van der Waals surface area contributed by atoms with Gasteiger partial charge in [0.1, 0.15) is 0 Å². The maximum atomic E-state index is 12.7. The van der Waals surface area contributed by atoms with E-state index in [1.165, 1.54) is 0 Å². The Labute approximate surface area is 175 Å². The summed E-state index contributed by atoms with van der Waals surface area (Å²) in [7, 11) is 0. The molecule has 0 aliphatic heterocycles. The number of unbranched alkanes of at least 4 members (excludes halogenated alkanes) is 1. The van der Waals surface area contributed by atoms with Crippen molar-refractivity contribution in [3.8, 4) is 22.5 Å². The number of carbonyl (C=O) groups excluding carboxylic acids is 1. The lowest BCUT2D eigenvalue weighted by Gasteiger charge is -2.20. The molecule has 0 aliphatic rings. The second-order valence-corrected chi connectivity index (χ2v) is 7.45. The fourth-order valence-corrected chi connectivity index (χ4v) is 3.54. The Balaban J connectivity index is 1.79. The number of aromatic nitrogens is 2. The molecule has 0 fully saturated rings. The summed E-state index contributed by atoms with van der Waals surface area (Å²) >= 11 is 12.2. The minimum absolute atomic E-state index is 0.0677. The van der Waals surface area contributed by atoms with Crippen LogP contribution in [-0.2, 0) is 0 Å². The molecule has 1 N–H and O–H groups in total. The van der Waals surface area contributed by atoms with Crippen LogP contribution in [0.25, 0.3) is 22.5 Å². The summed E-state index contributed by atoms with van der Waals surface area (Å²) in [5.74, 6) is 0.0677. The zero-order valence-corrected chi connectivity index (χ0v) is 17.5. The fraction of sp³-hybridized carbons (Fsp3) is 0.273. The van der Waals surface area contributed by atoms with Crippen molar-refractivity contribution < 1.29 is 4.79 Å². The van der Waals surface area contributed by atoms with Gasteiger partial charge in [0.15, 0.2) is 0 Å². The van der Waals surface area contributed by atoms with Gasteiger partial charge in [-0.25, -0.2) is 0 Å². The lowest BCUT2D eigenvalue weighted by atomic mass is 10.1. The van der Waals surface area contributed by atoms with Gasteiger partial charge in [0.2, 0.25) is 0 Å². The van der Waals surface area contributed by atoms with Gasteiger partial charge in [-0.2, -0.15) is 5.10 Å². The molecular formula is C22H23Cl2N3O. The predicted molar refractivity (Wildman–Crippen MR) is 116 cm³/mol. The highest BCUT2D eigenvalue weighted by molar-refractivity contribution is 6.36. The summed E-state index contributed by atoms with van der Waals surface area (Å²) in [5.41, 5.74) is 4.07. The summed E-state index contributed by atoms with van der Waals surface area (Å²) < 4.78 is 0. The van der Waals surface area contributed by atoms with Gasteiger partial charge in [-0.05, 0) is 49.7 Å². The maximum absolute atomic E-state index is 12.7. The normalized spacial score (nSPS) is 10.9. The predicted octanol–water partition coefficient (Wildman–Crippen LogP) is 6.31. The quantitative estimate of drug-likeness (QED) is 0.491. The van der Waals surface area contributed by atoms with Crippen molar-refractivity contribution in [2.24, 2.45) is 0 Å². The van der Waals surface area contributed by atoms with Crippen LogP contribution in [0, 0.1) is 0 Å². The van der Waals surface area contributed by atoms with Crippen LogP contribution in [0.3, 0.4) is 0 Å². The molecule has 2 aromatic carbocycles. The molecule has 6 heteroatoms. The van der Waals surface area contributed by atoms with E-state index in [9.17, 15) is 4.79 Å². The Morgan fingerprint density at radius 3 is 2.46 bits per heavy atom. The van der Waals surface area contributed by atoms with E-state index in [1.54, 1.807) is 12.1 Å². The van der Waals surface area contributed by atoms with E-state index in [2.05, 4.69) is 17.1 Å². The van der Waals surface area contributed by atoms with Crippen molar-refractivity contribution in [1.29, 1.82) is 0 Å². The van der Waals surface area contributed by atoms with Gasteiger partial charge < -0.3 is 4.90 Å². The summed E-state index contributed by atoms with van der Waals surface area (Å²) in [6, 6.07) is 14.9. The molecule has 0 bridgehead atoms. The molecular weight excluding hydrogens is 393 g/mol. The van der Waals surface area contributed by atoms with E-state index in [0.29, 0.717) is 22.2 Å². The Hall–Kier alpha value is -2.30. The van der Waals surface area contributed by atoms with E-state index < -0.39 is 0 Å². The molecule has 0 radical (unpaired) electrons. The van der Waals surface area contributed by atoms with Gasteiger partial charge in [0.05, 0.1) is 16.4 Å². The molecule has 146 valence electrons. The Kier molecular flexibility index (Phi) is 6.76. The first-order chi connectivity index (χ1) is 13.5. The van der Waals surface area contributed by atoms with Crippen LogP contribution in [0.1, 0.15) is 37.0 Å². The monoisotopic (exact) mass is 415 g/mol. The van der Waals surface area contributed by atoms with Crippen molar-refractivity contribution in [2.45, 2.75) is 26.7 Å². The zero-order chi connectivity index (χ0) is 20.1. The number of aromatic amines is 1. The number of rotatable bonds is 7. The van der Waals surface area contributed by atoms with Crippen LogP contribution >= 0.6 is 23.2 Å². The number of carbonyl (C=O) groups is 1. The van der Waals surface area contributed by atoms with Crippen LogP contribution in [-0.4, -0.2) is 34.1 Å². The third-order valence-corrected chi connectivity index (χ3v) is 5.23. The van der Waals surface area contributed by atoms with E-state index >= 15 is 0 Å². The SMILES string of the molecule is CCCCN(CC)C(=O)c1ccc(-c2cc(-c3ccc(Cl)cc3Cl)[nH]n2)cc1. The number of halogens is 2. The number of hydrogen-bond acceptors (Lipinski definition) is 2. The van der Waals surface area contributed by atoms with Crippen molar-refractivity contribution in [3.63, 3.8) is 0 Å². The molecule has 0 atom stereocenters. The number of hydrogen-bond donors (Lipinski definition) is 1. The summed E-state index contributed by atoms with van der Waals surface area (Å²) in [4.78, 5) is 14.5. The third kappa shape index (κ3) is 4.57. The molecule has 0 unspecified atom stereocenters. The van der Waals surface area contributed by atoms with Crippen LogP contribution < -0.4 is 0 Å². The van der Waals surface area contributed by atoms with Crippen molar-refractivity contribution >= 4 is 29.1 Å². The van der Waals surface area contributed by atoms with Gasteiger partial charge in [0, 0.05) is 34.8 Å². The molecule has 3 rings (SSSR count). The molecule has 0 spiro atoms. The first-order valence-corrected chi connectivity index (χ1v) is 10.2. The van der Waals surface area contributed by atoms with Crippen molar-refractivity contribution in [2.75, 3.05) is 13.1 Å². The van der Waals surface area contributed by atoms with Gasteiger partial charge in [-0.15, -0.1) is 0 Å². The summed E-state index contributed by atoms with van der Waals surface area (Å²) in [6.45, 7) is 5.64. The smallest absolute Gasteiger partial charge is 0.253 e. The molecule has 1 aromatic heterocycles.